The molecule has 0 spiro atoms. The maximum atomic E-state index is 12.2. The molecule has 1 aliphatic rings. The Kier molecular flexibility index (Phi) is 12.6. The Balaban J connectivity index is 2.30. The highest BCUT2D eigenvalue weighted by molar-refractivity contribution is 8.00. The van der Waals surface area contributed by atoms with Gasteiger partial charge in [0.15, 0.2) is 0 Å². The standard InChI is InChI=1S/C23H40N4O6S/c1-7-33-26-10-9-24-19(29)13-22(2,3)15-32-16-23(4,5)14-25-18(28)8-11-27-20(30)12-17(34-6)21(27)31/h10,17H,7-9,11-16H2,1-6H3,(H,24,29)(H,25,28)/b26-10+. The van der Waals surface area contributed by atoms with Gasteiger partial charge in [0.1, 0.15) is 6.61 Å². The molecule has 0 aromatic carbocycles. The zero-order valence-electron chi connectivity index (χ0n) is 21.3. The molecule has 11 heteroatoms. The van der Waals surface area contributed by atoms with Gasteiger partial charge in [-0.05, 0) is 18.6 Å². The second-order valence-electron chi connectivity index (χ2n) is 9.85. The van der Waals surface area contributed by atoms with Crippen LogP contribution < -0.4 is 10.6 Å². The summed E-state index contributed by atoms with van der Waals surface area (Å²) in [7, 11) is 0. The molecule has 1 saturated heterocycles. The highest BCUT2D eigenvalue weighted by atomic mass is 32.2. The van der Waals surface area contributed by atoms with E-state index in [9.17, 15) is 19.2 Å². The zero-order valence-corrected chi connectivity index (χ0v) is 22.1. The summed E-state index contributed by atoms with van der Waals surface area (Å²) in [6.07, 6.45) is 3.88. The molecule has 1 heterocycles. The molecule has 0 saturated carbocycles. The molecule has 4 amide bonds. The van der Waals surface area contributed by atoms with Crippen molar-refractivity contribution in [1.29, 1.82) is 0 Å². The molecule has 2 N–H and O–H groups in total. The van der Waals surface area contributed by atoms with Gasteiger partial charge in [0.2, 0.25) is 23.6 Å². The number of nitrogens with zero attached hydrogens (tertiary/aromatic N) is 2. The molecule has 0 aliphatic carbocycles. The molecular formula is C23H40N4O6S. The number of hydrogen-bond donors (Lipinski definition) is 2. The molecule has 1 atom stereocenters. The van der Waals surface area contributed by atoms with Crippen LogP contribution in [0, 0.1) is 10.8 Å². The fraction of sp³-hybridized carbons (Fsp3) is 0.783. The lowest BCUT2D eigenvalue weighted by molar-refractivity contribution is -0.138. The van der Waals surface area contributed by atoms with E-state index in [2.05, 4.69) is 15.8 Å². The minimum Gasteiger partial charge on any atom is -0.396 e. The summed E-state index contributed by atoms with van der Waals surface area (Å²) < 4.78 is 5.87. The first-order chi connectivity index (χ1) is 15.9. The van der Waals surface area contributed by atoms with Gasteiger partial charge in [0.05, 0.1) is 31.2 Å². The van der Waals surface area contributed by atoms with Crippen LogP contribution in [0.15, 0.2) is 5.16 Å². The molecule has 34 heavy (non-hydrogen) atoms. The van der Waals surface area contributed by atoms with E-state index in [1.807, 2.05) is 34.6 Å². The van der Waals surface area contributed by atoms with Crippen LogP contribution in [-0.2, 0) is 28.8 Å². The van der Waals surface area contributed by atoms with Crippen LogP contribution in [-0.4, -0.2) is 85.7 Å². The smallest absolute Gasteiger partial charge is 0.242 e. The van der Waals surface area contributed by atoms with Crippen molar-refractivity contribution in [3.05, 3.63) is 0 Å². The molecule has 194 valence electrons. The summed E-state index contributed by atoms with van der Waals surface area (Å²) in [5, 5.41) is 8.97. The maximum Gasteiger partial charge on any atom is 0.242 e. The third-order valence-electron chi connectivity index (χ3n) is 5.11. The first kappa shape index (κ1) is 29.9. The predicted molar refractivity (Wildman–Crippen MR) is 132 cm³/mol. The van der Waals surface area contributed by atoms with E-state index in [-0.39, 0.29) is 59.1 Å². The largest absolute Gasteiger partial charge is 0.396 e. The van der Waals surface area contributed by atoms with Gasteiger partial charge >= 0.3 is 0 Å². The first-order valence-corrected chi connectivity index (χ1v) is 12.8. The summed E-state index contributed by atoms with van der Waals surface area (Å²) in [6, 6.07) is 0. The molecule has 1 rings (SSSR count). The van der Waals surface area contributed by atoms with E-state index in [4.69, 9.17) is 9.57 Å². The van der Waals surface area contributed by atoms with Gasteiger partial charge in [0, 0.05) is 37.8 Å². The van der Waals surface area contributed by atoms with Crippen LogP contribution in [0.1, 0.15) is 53.9 Å². The van der Waals surface area contributed by atoms with Gasteiger partial charge in [-0.1, -0.05) is 32.9 Å². The van der Waals surface area contributed by atoms with Gasteiger partial charge in [-0.15, -0.1) is 0 Å². The number of ether oxygens (including phenoxy) is 1. The second kappa shape index (κ2) is 14.3. The van der Waals surface area contributed by atoms with Crippen molar-refractivity contribution >= 4 is 41.6 Å². The molecule has 0 bridgehead atoms. The van der Waals surface area contributed by atoms with E-state index in [0.717, 1.165) is 0 Å². The third kappa shape index (κ3) is 11.3. The van der Waals surface area contributed by atoms with Crippen molar-refractivity contribution in [2.45, 2.75) is 59.1 Å². The Hall–Kier alpha value is -2.14. The van der Waals surface area contributed by atoms with Crippen LogP contribution in [0.5, 0.6) is 0 Å². The summed E-state index contributed by atoms with van der Waals surface area (Å²) in [5.41, 5.74) is -0.684. The van der Waals surface area contributed by atoms with Crippen molar-refractivity contribution in [1.82, 2.24) is 15.5 Å². The number of imide groups is 1. The number of oxime groups is 1. The Morgan fingerprint density at radius 2 is 1.82 bits per heavy atom. The second-order valence-corrected chi connectivity index (χ2v) is 10.9. The molecule has 1 aliphatic heterocycles. The fourth-order valence-electron chi connectivity index (χ4n) is 3.24. The molecule has 10 nitrogen and oxygen atoms in total. The topological polar surface area (TPSA) is 126 Å². The summed E-state index contributed by atoms with van der Waals surface area (Å²) in [5.74, 6) is -0.747. The average molecular weight is 501 g/mol. The third-order valence-corrected chi connectivity index (χ3v) is 6.04. The van der Waals surface area contributed by atoms with Crippen molar-refractivity contribution in [2.75, 3.05) is 45.7 Å². The summed E-state index contributed by atoms with van der Waals surface area (Å²) in [6.45, 7) is 11.8. The van der Waals surface area contributed by atoms with Gasteiger partial charge in [-0.3, -0.25) is 24.1 Å². The predicted octanol–water partition coefficient (Wildman–Crippen LogP) is 1.58. The number of amides is 4. The molecule has 0 radical (unpaired) electrons. The Labute approximate surface area is 206 Å². The van der Waals surface area contributed by atoms with Crippen molar-refractivity contribution in [3.8, 4) is 0 Å². The lowest BCUT2D eigenvalue weighted by Gasteiger charge is -2.29. The lowest BCUT2D eigenvalue weighted by Crippen LogP contribution is -2.40. The van der Waals surface area contributed by atoms with E-state index in [0.29, 0.717) is 39.3 Å². The molecule has 1 fully saturated rings. The number of thioether (sulfide) groups is 1. The highest BCUT2D eigenvalue weighted by Crippen LogP contribution is 2.24. The highest BCUT2D eigenvalue weighted by Gasteiger charge is 2.37. The van der Waals surface area contributed by atoms with Crippen LogP contribution in [0.3, 0.4) is 0 Å². The van der Waals surface area contributed by atoms with Crippen LogP contribution in [0.2, 0.25) is 0 Å². The van der Waals surface area contributed by atoms with Gasteiger partial charge < -0.3 is 20.2 Å². The lowest BCUT2D eigenvalue weighted by atomic mass is 9.89. The van der Waals surface area contributed by atoms with E-state index < -0.39 is 0 Å². The van der Waals surface area contributed by atoms with Crippen LogP contribution in [0.25, 0.3) is 0 Å². The SMILES string of the molecule is CCO/N=C/CNC(=O)CC(C)(C)COCC(C)(C)CNC(=O)CCN1C(=O)CC(SC)C1=O. The van der Waals surface area contributed by atoms with Crippen molar-refractivity contribution < 1.29 is 28.8 Å². The monoisotopic (exact) mass is 500 g/mol. The van der Waals surface area contributed by atoms with E-state index in [1.165, 1.54) is 22.9 Å². The normalized spacial score (nSPS) is 16.9. The van der Waals surface area contributed by atoms with Crippen molar-refractivity contribution in [2.24, 2.45) is 16.0 Å². The average Bonchev–Trinajstić information content (AvgIpc) is 3.02. The maximum absolute atomic E-state index is 12.2. The molecule has 1 unspecified atom stereocenters. The number of likely N-dealkylation sites (tertiary alicyclic amines) is 1. The van der Waals surface area contributed by atoms with Crippen LogP contribution in [0.4, 0.5) is 0 Å². The summed E-state index contributed by atoms with van der Waals surface area (Å²) in [4.78, 5) is 54.4. The number of carbonyl (C=O) groups excluding carboxylic acids is 4. The number of hydrogen-bond acceptors (Lipinski definition) is 8. The number of carbonyl (C=O) groups is 4. The van der Waals surface area contributed by atoms with Gasteiger partial charge in [-0.2, -0.15) is 11.8 Å². The Morgan fingerprint density at radius 1 is 1.15 bits per heavy atom. The molecule has 0 aromatic heterocycles. The Morgan fingerprint density at radius 3 is 2.44 bits per heavy atom. The summed E-state index contributed by atoms with van der Waals surface area (Å²) >= 11 is 1.36. The molecular weight excluding hydrogens is 460 g/mol. The quantitative estimate of drug-likeness (QED) is 0.187. The van der Waals surface area contributed by atoms with Crippen LogP contribution >= 0.6 is 11.8 Å². The van der Waals surface area contributed by atoms with E-state index in [1.54, 1.807) is 6.26 Å². The Bertz CT molecular complexity index is 741. The minimum absolute atomic E-state index is 0.0763. The van der Waals surface area contributed by atoms with E-state index >= 15 is 0 Å². The zero-order chi connectivity index (χ0) is 25.8. The fourth-order valence-corrected chi connectivity index (χ4v) is 3.88. The van der Waals surface area contributed by atoms with Gasteiger partial charge in [0.25, 0.3) is 0 Å². The van der Waals surface area contributed by atoms with Crippen molar-refractivity contribution in [3.63, 3.8) is 0 Å². The number of rotatable bonds is 16. The first-order valence-electron chi connectivity index (χ1n) is 11.5. The number of nitrogens with one attached hydrogen (secondary N) is 2. The minimum atomic E-state index is -0.357. The van der Waals surface area contributed by atoms with Gasteiger partial charge in [-0.25, -0.2) is 0 Å². The molecule has 0 aromatic rings.